The van der Waals surface area contributed by atoms with Gasteiger partial charge in [-0.1, -0.05) is 24.8 Å². The van der Waals surface area contributed by atoms with Gasteiger partial charge in [-0.3, -0.25) is 0 Å². The molecule has 0 aliphatic carbocycles. The molecule has 0 N–H and O–H groups in total. The lowest BCUT2D eigenvalue weighted by molar-refractivity contribution is 0.591. The molecule has 2 nitrogen and oxygen atoms in total. The lowest BCUT2D eigenvalue weighted by Gasteiger charge is -2.11. The van der Waals surface area contributed by atoms with Crippen LogP contribution in [-0.2, 0) is 9.84 Å². The van der Waals surface area contributed by atoms with Crippen molar-refractivity contribution in [2.24, 2.45) is 0 Å². The molecule has 0 aliphatic heterocycles. The smallest absolute Gasteiger partial charge is 0.185 e. The number of benzene rings is 1. The molecule has 76 valence electrons. The Hall–Kier alpha value is -0.360. The molecule has 1 unspecified atom stereocenters. The van der Waals surface area contributed by atoms with Crippen molar-refractivity contribution >= 4 is 32.4 Å². The summed E-state index contributed by atoms with van der Waals surface area (Å²) in [6.45, 7) is 5.30. The summed E-state index contributed by atoms with van der Waals surface area (Å²) in [7, 11) is -3.25. The Balaban J connectivity index is 3.16. The van der Waals surface area contributed by atoms with Gasteiger partial charge in [0.25, 0.3) is 0 Å². The van der Waals surface area contributed by atoms with E-state index < -0.39 is 15.1 Å². The monoisotopic (exact) mass is 322 g/mol. The van der Waals surface area contributed by atoms with Crippen LogP contribution in [0.5, 0.6) is 0 Å². The summed E-state index contributed by atoms with van der Waals surface area (Å²) in [5.41, 5.74) is 0. The van der Waals surface area contributed by atoms with Crippen molar-refractivity contribution in [2.45, 2.75) is 17.1 Å². The third-order valence-electron chi connectivity index (χ3n) is 1.98. The molecule has 1 aromatic carbocycles. The molecule has 0 spiro atoms. The number of rotatable bonds is 3. The Morgan fingerprint density at radius 1 is 1.36 bits per heavy atom. The average molecular weight is 322 g/mol. The maximum Gasteiger partial charge on any atom is 0.185 e. The SMILES string of the molecule is C=C(I)C(C)S(=O)(=O)c1ccccc1. The zero-order valence-electron chi connectivity index (χ0n) is 7.77. The quantitative estimate of drug-likeness (QED) is 0.802. The first kappa shape index (κ1) is 11.7. The molecule has 14 heavy (non-hydrogen) atoms. The summed E-state index contributed by atoms with van der Waals surface area (Å²) in [5, 5.41) is -0.537. The highest BCUT2D eigenvalue weighted by Crippen LogP contribution is 2.23. The van der Waals surface area contributed by atoms with E-state index >= 15 is 0 Å². The second-order valence-corrected chi connectivity index (χ2v) is 6.60. The van der Waals surface area contributed by atoms with Crippen molar-refractivity contribution in [3.8, 4) is 0 Å². The van der Waals surface area contributed by atoms with Crippen LogP contribution in [0.3, 0.4) is 0 Å². The van der Waals surface area contributed by atoms with Crippen LogP contribution in [0.4, 0.5) is 0 Å². The Labute approximate surface area is 98.1 Å². The zero-order chi connectivity index (χ0) is 10.8. The first-order valence-electron chi connectivity index (χ1n) is 4.09. The van der Waals surface area contributed by atoms with Crippen molar-refractivity contribution < 1.29 is 8.42 Å². The highest BCUT2D eigenvalue weighted by atomic mass is 127. The molecule has 0 saturated heterocycles. The molecule has 0 aromatic heterocycles. The fraction of sp³-hybridized carbons (Fsp3) is 0.200. The van der Waals surface area contributed by atoms with Gasteiger partial charge in [0.1, 0.15) is 0 Å². The first-order chi connectivity index (χ1) is 6.46. The molecule has 1 aromatic rings. The third kappa shape index (κ3) is 2.36. The van der Waals surface area contributed by atoms with Crippen LogP contribution in [0.25, 0.3) is 0 Å². The Morgan fingerprint density at radius 2 is 1.86 bits per heavy atom. The molecule has 0 aliphatic rings. The molecule has 0 heterocycles. The molecular weight excluding hydrogens is 311 g/mol. The summed E-state index contributed by atoms with van der Waals surface area (Å²) >= 11 is 1.95. The number of halogens is 1. The van der Waals surface area contributed by atoms with Crippen LogP contribution in [0, 0.1) is 0 Å². The molecule has 0 saturated carbocycles. The highest BCUT2D eigenvalue weighted by Gasteiger charge is 2.23. The van der Waals surface area contributed by atoms with E-state index in [-0.39, 0.29) is 0 Å². The lowest BCUT2D eigenvalue weighted by Crippen LogP contribution is -2.17. The van der Waals surface area contributed by atoms with E-state index in [2.05, 4.69) is 6.58 Å². The normalized spacial score (nSPS) is 13.6. The zero-order valence-corrected chi connectivity index (χ0v) is 10.7. The fourth-order valence-electron chi connectivity index (χ4n) is 0.983. The standard InChI is InChI=1S/C10H11IO2S/c1-8(11)9(2)14(12,13)10-6-4-3-5-7-10/h3-7,9H,1H2,2H3. The van der Waals surface area contributed by atoms with Gasteiger partial charge in [-0.15, -0.1) is 0 Å². The predicted molar refractivity (Wildman–Crippen MR) is 66.2 cm³/mol. The van der Waals surface area contributed by atoms with E-state index in [1.165, 1.54) is 0 Å². The van der Waals surface area contributed by atoms with Gasteiger partial charge in [-0.05, 0) is 41.6 Å². The van der Waals surface area contributed by atoms with Gasteiger partial charge in [0.05, 0.1) is 10.1 Å². The topological polar surface area (TPSA) is 34.1 Å². The van der Waals surface area contributed by atoms with Crippen molar-refractivity contribution in [3.63, 3.8) is 0 Å². The summed E-state index contributed by atoms with van der Waals surface area (Å²) in [6.07, 6.45) is 0. The minimum absolute atomic E-state index is 0.352. The largest absolute Gasteiger partial charge is 0.223 e. The van der Waals surface area contributed by atoms with Crippen LogP contribution in [0.2, 0.25) is 0 Å². The average Bonchev–Trinajstić information content (AvgIpc) is 2.18. The van der Waals surface area contributed by atoms with Gasteiger partial charge < -0.3 is 0 Å². The number of hydrogen-bond acceptors (Lipinski definition) is 2. The van der Waals surface area contributed by atoms with Crippen LogP contribution < -0.4 is 0 Å². The fourth-order valence-corrected chi connectivity index (χ4v) is 3.27. The van der Waals surface area contributed by atoms with Gasteiger partial charge in [-0.2, -0.15) is 0 Å². The third-order valence-corrected chi connectivity index (χ3v) is 5.48. The maximum atomic E-state index is 11.9. The Morgan fingerprint density at radius 3 is 2.29 bits per heavy atom. The lowest BCUT2D eigenvalue weighted by atomic mass is 10.4. The maximum absolute atomic E-state index is 11.9. The van der Waals surface area contributed by atoms with Crippen molar-refractivity contribution in [1.82, 2.24) is 0 Å². The van der Waals surface area contributed by atoms with Crippen molar-refractivity contribution in [2.75, 3.05) is 0 Å². The van der Waals surface area contributed by atoms with Gasteiger partial charge in [0.15, 0.2) is 9.84 Å². The Bertz CT molecular complexity index is 423. The first-order valence-corrected chi connectivity index (χ1v) is 6.72. The van der Waals surface area contributed by atoms with Crippen LogP contribution in [0.15, 0.2) is 45.4 Å². The molecule has 0 amide bonds. The van der Waals surface area contributed by atoms with E-state index in [0.29, 0.717) is 8.48 Å². The van der Waals surface area contributed by atoms with Crippen LogP contribution >= 0.6 is 22.6 Å². The van der Waals surface area contributed by atoms with Gasteiger partial charge in [0.2, 0.25) is 0 Å². The highest BCUT2D eigenvalue weighted by molar-refractivity contribution is 14.1. The van der Waals surface area contributed by atoms with E-state index in [0.717, 1.165) is 0 Å². The minimum atomic E-state index is -3.25. The molecule has 1 atom stereocenters. The molecule has 0 radical (unpaired) electrons. The van der Waals surface area contributed by atoms with Crippen LogP contribution in [0.1, 0.15) is 6.92 Å². The van der Waals surface area contributed by atoms with E-state index in [1.54, 1.807) is 37.3 Å². The summed E-state index contributed by atoms with van der Waals surface area (Å²) in [4.78, 5) is 0.352. The van der Waals surface area contributed by atoms with Crippen LogP contribution in [-0.4, -0.2) is 13.7 Å². The molecule has 0 fully saturated rings. The second-order valence-electron chi connectivity index (χ2n) is 2.95. The minimum Gasteiger partial charge on any atom is -0.223 e. The molecule has 4 heteroatoms. The van der Waals surface area contributed by atoms with Crippen molar-refractivity contribution in [1.29, 1.82) is 0 Å². The van der Waals surface area contributed by atoms with E-state index in [1.807, 2.05) is 22.6 Å². The number of hydrogen-bond donors (Lipinski definition) is 0. The summed E-state index contributed by atoms with van der Waals surface area (Å²) in [5.74, 6) is 0. The molecule has 0 bridgehead atoms. The number of sulfone groups is 1. The van der Waals surface area contributed by atoms with E-state index in [4.69, 9.17) is 0 Å². The summed E-state index contributed by atoms with van der Waals surface area (Å²) < 4.78 is 24.4. The molecule has 1 rings (SSSR count). The Kier molecular flexibility index (Phi) is 3.71. The summed E-state index contributed by atoms with van der Waals surface area (Å²) in [6, 6.07) is 8.44. The van der Waals surface area contributed by atoms with E-state index in [9.17, 15) is 8.42 Å². The van der Waals surface area contributed by atoms with Crippen molar-refractivity contribution in [3.05, 3.63) is 40.5 Å². The van der Waals surface area contributed by atoms with Gasteiger partial charge >= 0.3 is 0 Å². The predicted octanol–water partition coefficient (Wildman–Crippen LogP) is 2.80. The second kappa shape index (κ2) is 4.44. The van der Waals surface area contributed by atoms with Gasteiger partial charge in [-0.25, -0.2) is 8.42 Å². The van der Waals surface area contributed by atoms with Gasteiger partial charge in [0, 0.05) is 3.58 Å². The molecular formula is C10H11IO2S.